The Bertz CT molecular complexity index is 1220. The molecule has 9 nitrogen and oxygen atoms in total. The van der Waals surface area contributed by atoms with E-state index in [9.17, 15) is 9.30 Å². The fraction of sp³-hybridized carbons (Fsp3) is 0.143. The maximum Gasteiger partial charge on any atom is 0.239 e. The number of nitrogens with one attached hydrogen (secondary N) is 2. The molecule has 2 N–H and O–H groups in total. The number of benzene rings is 1. The Hall–Kier alpha value is -3.91. The number of nitrogens with zero attached hydrogens (tertiary/aromatic N) is 5. The summed E-state index contributed by atoms with van der Waals surface area (Å²) in [6.45, 7) is 2.01. The normalized spacial score (nSPS) is 12.0. The van der Waals surface area contributed by atoms with Crippen LogP contribution in [0.15, 0.2) is 64.1 Å². The predicted molar refractivity (Wildman–Crippen MR) is 119 cm³/mol. The highest BCUT2D eigenvalue weighted by Gasteiger charge is 2.19. The molecule has 2 heterocycles. The van der Waals surface area contributed by atoms with Gasteiger partial charge in [-0.05, 0) is 58.4 Å². The molecule has 0 bridgehead atoms. The van der Waals surface area contributed by atoms with Gasteiger partial charge in [-0.25, -0.2) is 14.1 Å². The summed E-state index contributed by atoms with van der Waals surface area (Å²) in [6, 6.07) is 9.43. The minimum absolute atomic E-state index is 0.117. The van der Waals surface area contributed by atoms with E-state index in [0.29, 0.717) is 22.3 Å². The summed E-state index contributed by atoms with van der Waals surface area (Å²) < 4.78 is 22.2. The van der Waals surface area contributed by atoms with Crippen LogP contribution >= 0.6 is 15.9 Å². The molecule has 0 spiro atoms. The zero-order valence-electron chi connectivity index (χ0n) is 16.8. The molecule has 1 aromatic carbocycles. The summed E-state index contributed by atoms with van der Waals surface area (Å²) in [5, 5.41) is 26.2. The third-order valence-electron chi connectivity index (χ3n) is 4.39. The van der Waals surface area contributed by atoms with Crippen molar-refractivity contribution in [3.05, 3.63) is 81.0 Å². The summed E-state index contributed by atoms with van der Waals surface area (Å²) in [4.78, 5) is 15.0. The number of hydrogen-bond donors (Lipinski definition) is 2. The summed E-state index contributed by atoms with van der Waals surface area (Å²) >= 11 is 3.28. The molecule has 3 rings (SSSR count). The molecule has 0 aliphatic heterocycles. The topological polar surface area (TPSA) is 129 Å². The first kappa shape index (κ1) is 22.8. The largest absolute Gasteiger partial charge is 0.482 e. The molecule has 0 saturated heterocycles. The zero-order chi connectivity index (χ0) is 23.1. The molecule has 11 heteroatoms. The van der Waals surface area contributed by atoms with Gasteiger partial charge in [0.15, 0.2) is 5.75 Å². The average molecular weight is 498 g/mol. The van der Waals surface area contributed by atoms with Gasteiger partial charge in [-0.3, -0.25) is 0 Å². The van der Waals surface area contributed by atoms with E-state index in [2.05, 4.69) is 36.5 Å². The SMILES string of the molecule is CC(Oc1cc(Br)cnc1N=O)c1cc(F)ccc1-n1nccc1CN/C=C(/C#N)C=N. The molecular formula is C21H17BrFN7O2. The highest BCUT2D eigenvalue weighted by molar-refractivity contribution is 9.10. The minimum Gasteiger partial charge on any atom is -0.482 e. The van der Waals surface area contributed by atoms with Crippen molar-refractivity contribution in [2.75, 3.05) is 0 Å². The van der Waals surface area contributed by atoms with Gasteiger partial charge in [-0.15, -0.1) is 4.91 Å². The molecule has 0 aliphatic rings. The maximum absolute atomic E-state index is 14.1. The lowest BCUT2D eigenvalue weighted by atomic mass is 10.1. The van der Waals surface area contributed by atoms with Gasteiger partial charge in [0.05, 0.1) is 23.5 Å². The molecule has 32 heavy (non-hydrogen) atoms. The van der Waals surface area contributed by atoms with Gasteiger partial charge in [-0.2, -0.15) is 10.4 Å². The number of halogens is 2. The smallest absolute Gasteiger partial charge is 0.239 e. The van der Waals surface area contributed by atoms with Gasteiger partial charge in [0.1, 0.15) is 18.0 Å². The monoisotopic (exact) mass is 497 g/mol. The minimum atomic E-state index is -0.676. The van der Waals surface area contributed by atoms with Crippen molar-refractivity contribution in [3.8, 4) is 17.5 Å². The van der Waals surface area contributed by atoms with Crippen LogP contribution in [0.5, 0.6) is 5.75 Å². The van der Waals surface area contributed by atoms with Gasteiger partial charge in [0, 0.05) is 34.8 Å². The lowest BCUT2D eigenvalue weighted by Crippen LogP contribution is -2.15. The Morgan fingerprint density at radius 1 is 1.47 bits per heavy atom. The average Bonchev–Trinajstić information content (AvgIpc) is 3.25. The Balaban J connectivity index is 1.93. The van der Waals surface area contributed by atoms with Gasteiger partial charge < -0.3 is 15.5 Å². The summed E-state index contributed by atoms with van der Waals surface area (Å²) in [6.07, 6.45) is 4.71. The highest BCUT2D eigenvalue weighted by Crippen LogP contribution is 2.33. The van der Waals surface area contributed by atoms with Crippen molar-refractivity contribution in [2.24, 2.45) is 5.18 Å². The van der Waals surface area contributed by atoms with Crippen molar-refractivity contribution >= 4 is 28.0 Å². The predicted octanol–water partition coefficient (Wildman–Crippen LogP) is 4.85. The van der Waals surface area contributed by atoms with Crippen molar-refractivity contribution in [1.29, 1.82) is 10.7 Å². The van der Waals surface area contributed by atoms with Crippen LogP contribution in [0, 0.1) is 27.5 Å². The van der Waals surface area contributed by atoms with E-state index < -0.39 is 11.9 Å². The third-order valence-corrected chi connectivity index (χ3v) is 4.83. The Labute approximate surface area is 191 Å². The van der Waals surface area contributed by atoms with E-state index in [1.54, 1.807) is 36.0 Å². The lowest BCUT2D eigenvalue weighted by Gasteiger charge is -2.20. The molecule has 2 aromatic heterocycles. The first-order valence-corrected chi connectivity index (χ1v) is 10.1. The van der Waals surface area contributed by atoms with Crippen LogP contribution in [-0.2, 0) is 6.54 Å². The van der Waals surface area contributed by atoms with Crippen LogP contribution in [0.4, 0.5) is 10.2 Å². The molecule has 1 atom stereocenters. The fourth-order valence-corrected chi connectivity index (χ4v) is 3.23. The molecule has 0 aliphatic carbocycles. The van der Waals surface area contributed by atoms with Gasteiger partial charge in [0.2, 0.25) is 5.82 Å². The summed E-state index contributed by atoms with van der Waals surface area (Å²) in [5.41, 5.74) is 1.95. The van der Waals surface area contributed by atoms with Crippen LogP contribution < -0.4 is 10.1 Å². The van der Waals surface area contributed by atoms with Crippen molar-refractivity contribution in [3.63, 3.8) is 0 Å². The molecule has 0 radical (unpaired) electrons. The number of rotatable bonds is 9. The second-order valence-corrected chi connectivity index (χ2v) is 7.42. The quantitative estimate of drug-likeness (QED) is 0.247. The number of nitriles is 1. The second kappa shape index (κ2) is 10.4. The summed E-state index contributed by atoms with van der Waals surface area (Å²) in [5.74, 6) is -0.423. The van der Waals surface area contributed by atoms with Crippen molar-refractivity contribution < 1.29 is 9.13 Å². The zero-order valence-corrected chi connectivity index (χ0v) is 18.4. The van der Waals surface area contributed by atoms with E-state index in [1.807, 2.05) is 6.07 Å². The molecule has 0 amide bonds. The first-order chi connectivity index (χ1) is 15.5. The number of ether oxygens (including phenoxy) is 1. The van der Waals surface area contributed by atoms with Crippen LogP contribution in [-0.4, -0.2) is 21.0 Å². The fourth-order valence-electron chi connectivity index (χ4n) is 2.92. The standard InChI is InChI=1S/C21H17BrFN7O2/c1-13(32-20-6-15(22)11-27-21(20)29-31)18-7-16(23)2-3-19(18)30-17(4-5-28-30)12-26-10-14(8-24)9-25/h2-8,10-11,13,24,26H,12H2,1H3/b14-10+,24-8?. The van der Waals surface area contributed by atoms with E-state index in [-0.39, 0.29) is 17.1 Å². The van der Waals surface area contributed by atoms with Gasteiger partial charge in [-0.1, -0.05) is 0 Å². The Morgan fingerprint density at radius 3 is 3.00 bits per heavy atom. The van der Waals surface area contributed by atoms with Crippen LogP contribution in [0.3, 0.4) is 0 Å². The molecule has 0 saturated carbocycles. The molecule has 162 valence electrons. The van der Waals surface area contributed by atoms with Crippen molar-refractivity contribution in [2.45, 2.75) is 19.6 Å². The van der Waals surface area contributed by atoms with E-state index >= 15 is 0 Å². The Morgan fingerprint density at radius 2 is 2.28 bits per heavy atom. The van der Waals surface area contributed by atoms with Crippen LogP contribution in [0.2, 0.25) is 0 Å². The maximum atomic E-state index is 14.1. The number of hydrogen-bond acceptors (Lipinski definition) is 8. The lowest BCUT2D eigenvalue weighted by molar-refractivity contribution is 0.226. The highest BCUT2D eigenvalue weighted by atomic mass is 79.9. The molecular weight excluding hydrogens is 481 g/mol. The second-order valence-electron chi connectivity index (χ2n) is 6.50. The van der Waals surface area contributed by atoms with E-state index in [4.69, 9.17) is 15.4 Å². The van der Waals surface area contributed by atoms with Crippen LogP contribution in [0.1, 0.15) is 24.3 Å². The molecule has 3 aromatic rings. The number of pyridine rings is 1. The van der Waals surface area contributed by atoms with E-state index in [1.165, 1.54) is 24.5 Å². The number of aromatic nitrogens is 3. The van der Waals surface area contributed by atoms with E-state index in [0.717, 1.165) is 11.9 Å². The van der Waals surface area contributed by atoms with Gasteiger partial charge >= 0.3 is 0 Å². The molecule has 1 unspecified atom stereocenters. The number of nitroso groups, excluding NO2 is 1. The molecule has 0 fully saturated rings. The van der Waals surface area contributed by atoms with Crippen molar-refractivity contribution in [1.82, 2.24) is 20.1 Å². The van der Waals surface area contributed by atoms with Gasteiger partial charge in [0.25, 0.3) is 0 Å². The Kier molecular flexibility index (Phi) is 7.41. The van der Waals surface area contributed by atoms with Crippen LogP contribution in [0.25, 0.3) is 5.69 Å². The number of allylic oxidation sites excluding steroid dienone is 1. The third kappa shape index (κ3) is 5.22. The first-order valence-electron chi connectivity index (χ1n) is 9.29. The summed E-state index contributed by atoms with van der Waals surface area (Å²) in [7, 11) is 0.